The maximum absolute atomic E-state index is 12.7. The molecule has 1 aliphatic heterocycles. The largest absolute Gasteiger partial charge is 0.285 e. The van der Waals surface area contributed by atoms with Gasteiger partial charge < -0.3 is 0 Å². The van der Waals surface area contributed by atoms with E-state index in [0.29, 0.717) is 13.1 Å². The van der Waals surface area contributed by atoms with E-state index in [1.165, 1.54) is 45.8 Å². The van der Waals surface area contributed by atoms with Crippen LogP contribution in [0.25, 0.3) is 0 Å². The van der Waals surface area contributed by atoms with Crippen LogP contribution in [0.2, 0.25) is 0 Å². The second kappa shape index (κ2) is 11.6. The van der Waals surface area contributed by atoms with Gasteiger partial charge in [0.25, 0.3) is 11.8 Å². The summed E-state index contributed by atoms with van der Waals surface area (Å²) in [5, 5.41) is 0.281. The molecule has 1 fully saturated rings. The molecule has 1 heterocycles. The predicted octanol–water partition coefficient (Wildman–Crippen LogP) is 6.44. The highest BCUT2D eigenvalue weighted by Gasteiger charge is 2.37. The highest BCUT2D eigenvalue weighted by atomic mass is 32.1. The fraction of sp³-hybridized carbons (Fsp3) is 0.464. The number of carbonyl (C=O) groups is 2. The number of likely N-dealkylation sites (N-methyl/N-ethyl adjacent to an activating group) is 2. The lowest BCUT2D eigenvalue weighted by Crippen LogP contribution is -2.55. The maximum Gasteiger partial charge on any atom is 0.265 e. The van der Waals surface area contributed by atoms with E-state index in [1.54, 1.807) is 12.2 Å². The van der Waals surface area contributed by atoms with Crippen LogP contribution in [0.5, 0.6) is 0 Å². The van der Waals surface area contributed by atoms with Crippen molar-refractivity contribution in [2.75, 3.05) is 13.1 Å². The van der Waals surface area contributed by atoms with Gasteiger partial charge in [-0.25, -0.2) is 0 Å². The van der Waals surface area contributed by atoms with Gasteiger partial charge in [0.1, 0.15) is 5.57 Å². The zero-order valence-electron chi connectivity index (χ0n) is 21.2. The molecule has 0 aromatic heterocycles. The average Bonchev–Trinajstić information content (AvgIpc) is 2.73. The normalized spacial score (nSPS) is 20.7. The Kier molecular flexibility index (Phi) is 9.35. The van der Waals surface area contributed by atoms with Gasteiger partial charge in [-0.3, -0.25) is 19.4 Å². The second-order valence-corrected chi connectivity index (χ2v) is 9.77. The van der Waals surface area contributed by atoms with Crippen molar-refractivity contribution >= 4 is 29.1 Å². The molecule has 0 bridgehead atoms. The number of hydrogen-bond acceptors (Lipinski definition) is 3. The van der Waals surface area contributed by atoms with Crippen molar-refractivity contribution in [2.24, 2.45) is 5.41 Å². The Labute approximate surface area is 205 Å². The van der Waals surface area contributed by atoms with Gasteiger partial charge in [0.15, 0.2) is 5.11 Å². The van der Waals surface area contributed by atoms with Crippen molar-refractivity contribution in [1.29, 1.82) is 0 Å². The first kappa shape index (κ1) is 26.7. The van der Waals surface area contributed by atoms with Crippen LogP contribution in [0.4, 0.5) is 0 Å². The van der Waals surface area contributed by atoms with E-state index in [-0.39, 0.29) is 27.9 Å². The number of rotatable bonds is 7. The van der Waals surface area contributed by atoms with Crippen LogP contribution in [-0.4, -0.2) is 39.8 Å². The van der Waals surface area contributed by atoms with Crippen molar-refractivity contribution in [2.45, 2.75) is 67.7 Å². The van der Waals surface area contributed by atoms with E-state index in [9.17, 15) is 9.59 Å². The summed E-state index contributed by atoms with van der Waals surface area (Å²) in [6.45, 7) is 15.5. The van der Waals surface area contributed by atoms with Crippen LogP contribution in [0.1, 0.15) is 67.7 Å². The minimum atomic E-state index is -0.332. The lowest BCUT2D eigenvalue weighted by Gasteiger charge is -2.35. The summed E-state index contributed by atoms with van der Waals surface area (Å²) < 4.78 is 0. The smallest absolute Gasteiger partial charge is 0.265 e. The first-order valence-corrected chi connectivity index (χ1v) is 12.2. The standard InChI is InChI=1S/C28H38N2O2S/c1-8-29-25(31)23(26(32)30(9-2)27(29)33)17-15-20(3)12-10-13-21(4)16-18-24-22(5)14-11-19-28(24,6)7/h10,12-13,15-18H,8-9,11,14,19H2,1-7H3/b12-10+,18-16+,20-15+,21-13+. The Morgan fingerprint density at radius 1 is 1.00 bits per heavy atom. The van der Waals surface area contributed by atoms with E-state index in [1.807, 2.05) is 32.9 Å². The molecular weight excluding hydrogens is 428 g/mol. The van der Waals surface area contributed by atoms with Gasteiger partial charge in [-0.2, -0.15) is 0 Å². The summed E-state index contributed by atoms with van der Waals surface area (Å²) in [6, 6.07) is 0. The zero-order chi connectivity index (χ0) is 24.8. The molecule has 0 spiro atoms. The number of hydrogen-bond donors (Lipinski definition) is 0. The van der Waals surface area contributed by atoms with E-state index in [4.69, 9.17) is 12.2 Å². The number of thiocarbonyl (C=S) groups is 1. The van der Waals surface area contributed by atoms with Crippen LogP contribution >= 0.6 is 12.2 Å². The molecule has 1 aliphatic carbocycles. The number of amides is 2. The van der Waals surface area contributed by atoms with Crippen molar-refractivity contribution in [1.82, 2.24) is 9.80 Å². The summed E-state index contributed by atoms with van der Waals surface area (Å²) >= 11 is 5.29. The summed E-state index contributed by atoms with van der Waals surface area (Å²) in [6.07, 6.45) is 17.6. The van der Waals surface area contributed by atoms with Crippen molar-refractivity contribution in [3.8, 4) is 0 Å². The number of carbonyl (C=O) groups excluding carboxylic acids is 2. The Morgan fingerprint density at radius 2 is 1.58 bits per heavy atom. The summed E-state index contributed by atoms with van der Waals surface area (Å²) in [7, 11) is 0. The molecule has 0 atom stereocenters. The number of nitrogens with zero attached hydrogens (tertiary/aromatic N) is 2. The third kappa shape index (κ3) is 6.50. The molecule has 0 saturated carbocycles. The Bertz CT molecular complexity index is 961. The minimum absolute atomic E-state index is 0.147. The van der Waals surface area contributed by atoms with E-state index >= 15 is 0 Å². The molecule has 1 saturated heterocycles. The van der Waals surface area contributed by atoms with Crippen molar-refractivity contribution in [3.05, 3.63) is 70.4 Å². The molecule has 33 heavy (non-hydrogen) atoms. The third-order valence-corrected chi connectivity index (χ3v) is 6.77. The first-order chi connectivity index (χ1) is 15.5. The molecule has 0 unspecified atom stereocenters. The lowest BCUT2D eigenvalue weighted by molar-refractivity contribution is -0.133. The second-order valence-electron chi connectivity index (χ2n) is 9.41. The lowest BCUT2D eigenvalue weighted by atomic mass is 9.72. The fourth-order valence-corrected chi connectivity index (χ4v) is 4.73. The summed E-state index contributed by atoms with van der Waals surface area (Å²) in [5.41, 5.74) is 5.45. The molecule has 2 aliphatic rings. The molecule has 0 radical (unpaired) electrons. The molecule has 5 heteroatoms. The van der Waals surface area contributed by atoms with Gasteiger partial charge in [-0.1, -0.05) is 67.0 Å². The van der Waals surface area contributed by atoms with Gasteiger partial charge in [0, 0.05) is 13.1 Å². The number of allylic oxidation sites excluding steroid dienone is 11. The van der Waals surface area contributed by atoms with Gasteiger partial charge in [0.05, 0.1) is 0 Å². The van der Waals surface area contributed by atoms with Crippen LogP contribution in [0, 0.1) is 5.41 Å². The molecule has 2 rings (SSSR count). The highest BCUT2D eigenvalue weighted by molar-refractivity contribution is 7.80. The van der Waals surface area contributed by atoms with Gasteiger partial charge in [-0.15, -0.1) is 0 Å². The van der Waals surface area contributed by atoms with E-state index < -0.39 is 0 Å². The Balaban J connectivity index is 2.13. The third-order valence-electron chi connectivity index (χ3n) is 6.33. The average molecular weight is 467 g/mol. The monoisotopic (exact) mass is 466 g/mol. The van der Waals surface area contributed by atoms with E-state index in [2.05, 4.69) is 45.9 Å². The Morgan fingerprint density at radius 3 is 2.12 bits per heavy atom. The summed E-state index contributed by atoms with van der Waals surface area (Å²) in [5.74, 6) is -0.664. The predicted molar refractivity (Wildman–Crippen MR) is 142 cm³/mol. The topological polar surface area (TPSA) is 40.6 Å². The SMILES string of the molecule is CCN1C(=O)C(=C/C=C(C)/C=C/C=C(C)/C=C/C2=C(C)CCCC2(C)C)C(=O)N(CC)C1=S. The van der Waals surface area contributed by atoms with Gasteiger partial charge in [0.2, 0.25) is 0 Å². The fourth-order valence-electron chi connectivity index (χ4n) is 4.30. The molecule has 0 aromatic carbocycles. The quantitative estimate of drug-likeness (QED) is 0.188. The molecular formula is C28H38N2O2S. The van der Waals surface area contributed by atoms with Crippen molar-refractivity contribution < 1.29 is 9.59 Å². The van der Waals surface area contributed by atoms with Crippen LogP contribution in [0.3, 0.4) is 0 Å². The van der Waals surface area contributed by atoms with Crippen LogP contribution in [0.15, 0.2) is 70.4 Å². The van der Waals surface area contributed by atoms with Gasteiger partial charge >= 0.3 is 0 Å². The molecule has 2 amide bonds. The summed E-state index contributed by atoms with van der Waals surface area (Å²) in [4.78, 5) is 28.3. The maximum atomic E-state index is 12.7. The molecule has 178 valence electrons. The zero-order valence-corrected chi connectivity index (χ0v) is 22.0. The van der Waals surface area contributed by atoms with E-state index in [0.717, 1.165) is 5.57 Å². The molecule has 0 N–H and O–H groups in total. The highest BCUT2D eigenvalue weighted by Crippen LogP contribution is 2.40. The van der Waals surface area contributed by atoms with Crippen LogP contribution in [-0.2, 0) is 9.59 Å². The molecule has 0 aromatic rings. The van der Waals surface area contributed by atoms with Crippen LogP contribution < -0.4 is 0 Å². The first-order valence-electron chi connectivity index (χ1n) is 11.8. The van der Waals surface area contributed by atoms with Crippen molar-refractivity contribution in [3.63, 3.8) is 0 Å². The Hall–Kier alpha value is -2.53. The van der Waals surface area contributed by atoms with Gasteiger partial charge in [-0.05, 0) is 83.2 Å². The minimum Gasteiger partial charge on any atom is -0.285 e. The molecule has 4 nitrogen and oxygen atoms in total.